The molecular formula is C14H14ClN3O. The number of aromatic nitrogens is 2. The van der Waals surface area contributed by atoms with Crippen molar-refractivity contribution in [2.24, 2.45) is 0 Å². The molecule has 5 heteroatoms. The first-order valence-electron chi connectivity index (χ1n) is 5.88. The smallest absolute Gasteiger partial charge is 0.254 e. The standard InChI is InChI=1S/C14H14ClN3O/c1-9-3-4-16-6-11(9)7-18-14(19)12-8-17-10(2)5-13(12)15/h3-6,8H,7H2,1-2H3,(H,18,19). The summed E-state index contributed by atoms with van der Waals surface area (Å²) in [6.45, 7) is 4.22. The third-order valence-corrected chi connectivity index (χ3v) is 3.13. The van der Waals surface area contributed by atoms with Crippen molar-refractivity contribution in [1.29, 1.82) is 0 Å². The molecular weight excluding hydrogens is 262 g/mol. The van der Waals surface area contributed by atoms with Crippen molar-refractivity contribution in [3.8, 4) is 0 Å². The van der Waals surface area contributed by atoms with Gasteiger partial charge in [0, 0.05) is 30.8 Å². The zero-order valence-electron chi connectivity index (χ0n) is 10.8. The van der Waals surface area contributed by atoms with Crippen molar-refractivity contribution < 1.29 is 4.79 Å². The summed E-state index contributed by atoms with van der Waals surface area (Å²) in [7, 11) is 0. The van der Waals surface area contributed by atoms with Gasteiger partial charge in [0.1, 0.15) is 0 Å². The quantitative estimate of drug-likeness (QED) is 0.937. The number of pyridine rings is 2. The molecule has 0 fully saturated rings. The maximum Gasteiger partial charge on any atom is 0.254 e. The van der Waals surface area contributed by atoms with Crippen LogP contribution >= 0.6 is 11.6 Å². The van der Waals surface area contributed by atoms with Gasteiger partial charge in [0.15, 0.2) is 0 Å². The summed E-state index contributed by atoms with van der Waals surface area (Å²) in [4.78, 5) is 20.1. The van der Waals surface area contributed by atoms with Crippen molar-refractivity contribution in [2.45, 2.75) is 20.4 Å². The van der Waals surface area contributed by atoms with Crippen LogP contribution in [-0.2, 0) is 6.54 Å². The molecule has 2 rings (SSSR count). The van der Waals surface area contributed by atoms with Crippen LogP contribution in [0, 0.1) is 13.8 Å². The van der Waals surface area contributed by atoms with E-state index in [0.29, 0.717) is 17.1 Å². The molecule has 0 aromatic carbocycles. The number of amides is 1. The molecule has 0 aliphatic rings. The Labute approximate surface area is 116 Å². The van der Waals surface area contributed by atoms with Crippen LogP contribution in [0.2, 0.25) is 5.02 Å². The number of rotatable bonds is 3. The van der Waals surface area contributed by atoms with Gasteiger partial charge in [0.2, 0.25) is 0 Å². The molecule has 4 nitrogen and oxygen atoms in total. The minimum absolute atomic E-state index is 0.235. The second kappa shape index (κ2) is 5.80. The van der Waals surface area contributed by atoms with E-state index in [1.54, 1.807) is 18.5 Å². The minimum atomic E-state index is -0.235. The molecule has 19 heavy (non-hydrogen) atoms. The summed E-state index contributed by atoms with van der Waals surface area (Å²) in [6.07, 6.45) is 4.95. The number of hydrogen-bond donors (Lipinski definition) is 1. The third kappa shape index (κ3) is 3.29. The summed E-state index contributed by atoms with van der Waals surface area (Å²) < 4.78 is 0. The van der Waals surface area contributed by atoms with E-state index in [1.165, 1.54) is 6.20 Å². The van der Waals surface area contributed by atoms with Gasteiger partial charge in [-0.2, -0.15) is 0 Å². The molecule has 0 bridgehead atoms. The number of halogens is 1. The van der Waals surface area contributed by atoms with Crippen LogP contribution in [0.3, 0.4) is 0 Å². The molecule has 0 aliphatic heterocycles. The van der Waals surface area contributed by atoms with Crippen molar-refractivity contribution >= 4 is 17.5 Å². The molecule has 2 aromatic heterocycles. The number of nitrogens with one attached hydrogen (secondary N) is 1. The second-order valence-corrected chi connectivity index (χ2v) is 4.70. The summed E-state index contributed by atoms with van der Waals surface area (Å²) in [5.41, 5.74) is 3.23. The van der Waals surface area contributed by atoms with Crippen molar-refractivity contribution in [3.63, 3.8) is 0 Å². The van der Waals surface area contributed by atoms with Gasteiger partial charge in [-0.15, -0.1) is 0 Å². The van der Waals surface area contributed by atoms with E-state index in [4.69, 9.17) is 11.6 Å². The SMILES string of the molecule is Cc1cc(Cl)c(C(=O)NCc2cnccc2C)cn1. The Morgan fingerprint density at radius 3 is 2.84 bits per heavy atom. The lowest BCUT2D eigenvalue weighted by Crippen LogP contribution is -2.23. The van der Waals surface area contributed by atoms with Crippen molar-refractivity contribution in [2.75, 3.05) is 0 Å². The largest absolute Gasteiger partial charge is 0.348 e. The Hall–Kier alpha value is -1.94. The van der Waals surface area contributed by atoms with Gasteiger partial charge < -0.3 is 5.32 Å². The predicted octanol–water partition coefficient (Wildman–Crippen LogP) is 2.68. The average Bonchev–Trinajstić information content (AvgIpc) is 2.37. The number of aryl methyl sites for hydroxylation is 2. The van der Waals surface area contributed by atoms with Gasteiger partial charge in [-0.3, -0.25) is 14.8 Å². The fraction of sp³-hybridized carbons (Fsp3) is 0.214. The van der Waals surface area contributed by atoms with Crippen LogP contribution in [0.25, 0.3) is 0 Å². The van der Waals surface area contributed by atoms with Gasteiger partial charge in [-0.25, -0.2) is 0 Å². The summed E-state index contributed by atoms with van der Waals surface area (Å²) in [5.74, 6) is -0.235. The lowest BCUT2D eigenvalue weighted by molar-refractivity contribution is 0.0950. The highest BCUT2D eigenvalue weighted by Crippen LogP contribution is 2.15. The van der Waals surface area contributed by atoms with Crippen LogP contribution in [0.5, 0.6) is 0 Å². The Morgan fingerprint density at radius 1 is 1.37 bits per heavy atom. The van der Waals surface area contributed by atoms with Crippen LogP contribution in [0.15, 0.2) is 30.7 Å². The maximum atomic E-state index is 12.0. The van der Waals surface area contributed by atoms with Crippen LogP contribution in [0.4, 0.5) is 0 Å². The van der Waals surface area contributed by atoms with Crippen molar-refractivity contribution in [3.05, 3.63) is 58.1 Å². The van der Waals surface area contributed by atoms with E-state index in [2.05, 4.69) is 15.3 Å². The highest BCUT2D eigenvalue weighted by atomic mass is 35.5. The second-order valence-electron chi connectivity index (χ2n) is 4.29. The molecule has 2 aromatic rings. The van der Waals surface area contributed by atoms with Gasteiger partial charge in [0.25, 0.3) is 5.91 Å². The van der Waals surface area contributed by atoms with Crippen LogP contribution in [0.1, 0.15) is 27.2 Å². The predicted molar refractivity (Wildman–Crippen MR) is 74.1 cm³/mol. The summed E-state index contributed by atoms with van der Waals surface area (Å²) in [6, 6.07) is 3.58. The van der Waals surface area contributed by atoms with Gasteiger partial charge in [-0.05, 0) is 37.1 Å². The number of carbonyl (C=O) groups is 1. The fourth-order valence-corrected chi connectivity index (χ4v) is 1.94. The highest BCUT2D eigenvalue weighted by molar-refractivity contribution is 6.33. The van der Waals surface area contributed by atoms with Crippen LogP contribution in [-0.4, -0.2) is 15.9 Å². The molecule has 1 N–H and O–H groups in total. The van der Waals surface area contributed by atoms with Crippen molar-refractivity contribution in [1.82, 2.24) is 15.3 Å². The lowest BCUT2D eigenvalue weighted by atomic mass is 10.1. The number of carbonyl (C=O) groups excluding carboxylic acids is 1. The van der Waals surface area contributed by atoms with E-state index < -0.39 is 0 Å². The van der Waals surface area contributed by atoms with Gasteiger partial charge >= 0.3 is 0 Å². The first-order valence-corrected chi connectivity index (χ1v) is 6.25. The molecule has 98 valence electrons. The molecule has 0 spiro atoms. The first kappa shape index (κ1) is 13.5. The Kier molecular flexibility index (Phi) is 4.12. The Bertz CT molecular complexity index is 613. The molecule has 0 saturated carbocycles. The highest BCUT2D eigenvalue weighted by Gasteiger charge is 2.11. The van der Waals surface area contributed by atoms with E-state index >= 15 is 0 Å². The molecule has 0 saturated heterocycles. The van der Waals surface area contributed by atoms with E-state index in [-0.39, 0.29) is 5.91 Å². The summed E-state index contributed by atoms with van der Waals surface area (Å²) in [5, 5.41) is 3.22. The minimum Gasteiger partial charge on any atom is -0.348 e. The zero-order chi connectivity index (χ0) is 13.8. The number of hydrogen-bond acceptors (Lipinski definition) is 3. The monoisotopic (exact) mass is 275 g/mol. The Balaban J connectivity index is 2.08. The van der Waals surface area contributed by atoms with Gasteiger partial charge in [0.05, 0.1) is 10.6 Å². The molecule has 2 heterocycles. The first-order chi connectivity index (χ1) is 9.08. The molecule has 0 radical (unpaired) electrons. The van der Waals surface area contributed by atoms with E-state index in [1.807, 2.05) is 19.9 Å². The number of nitrogens with zero attached hydrogens (tertiary/aromatic N) is 2. The third-order valence-electron chi connectivity index (χ3n) is 2.82. The normalized spacial score (nSPS) is 10.3. The molecule has 0 aliphatic carbocycles. The Morgan fingerprint density at radius 2 is 2.16 bits per heavy atom. The fourth-order valence-electron chi connectivity index (χ4n) is 1.65. The van der Waals surface area contributed by atoms with Crippen LogP contribution < -0.4 is 5.32 Å². The molecule has 0 atom stereocenters. The topological polar surface area (TPSA) is 54.9 Å². The molecule has 1 amide bonds. The summed E-state index contributed by atoms with van der Waals surface area (Å²) >= 11 is 6.02. The van der Waals surface area contributed by atoms with E-state index in [0.717, 1.165) is 16.8 Å². The van der Waals surface area contributed by atoms with Gasteiger partial charge in [-0.1, -0.05) is 11.6 Å². The molecule has 0 unspecified atom stereocenters. The van der Waals surface area contributed by atoms with E-state index in [9.17, 15) is 4.79 Å². The maximum absolute atomic E-state index is 12.0. The average molecular weight is 276 g/mol. The lowest BCUT2D eigenvalue weighted by Gasteiger charge is -2.08. The zero-order valence-corrected chi connectivity index (χ0v) is 11.5.